The second kappa shape index (κ2) is 10.6. The fourth-order valence-electron chi connectivity index (χ4n) is 1.09. The van der Waals surface area contributed by atoms with Gasteiger partial charge in [0.05, 0.1) is 9.35 Å². The molecular weight excluding hydrogens is 268 g/mol. The number of hydrogen-bond acceptors (Lipinski definition) is 1. The summed E-state index contributed by atoms with van der Waals surface area (Å²) in [6.07, 6.45) is 8.00. The summed E-state index contributed by atoms with van der Waals surface area (Å²) < 4.78 is 4.00. The fraction of sp³-hybridized carbons (Fsp3) is 0. The first kappa shape index (κ1) is 20.5. The molecule has 90 valence electrons. The van der Waals surface area contributed by atoms with Crippen LogP contribution >= 0.6 is 12.4 Å². The number of hydrogen-bond donors (Lipinski definition) is 1. The van der Waals surface area contributed by atoms with Gasteiger partial charge in [-0.25, -0.2) is 0 Å². The zero-order valence-corrected chi connectivity index (χ0v) is 10.9. The van der Waals surface area contributed by atoms with Crippen LogP contribution in [0.25, 0.3) is 0 Å². The van der Waals surface area contributed by atoms with Gasteiger partial charge < -0.3 is 31.0 Å². The average Bonchev–Trinajstić information content (AvgIpc) is 2.21. The predicted molar refractivity (Wildman–Crippen MR) is 56.3 cm³/mol. The van der Waals surface area contributed by atoms with E-state index < -0.39 is 0 Å². The van der Waals surface area contributed by atoms with Crippen molar-refractivity contribution in [3.05, 3.63) is 61.2 Å². The molecule has 2 rings (SSSR count). The van der Waals surface area contributed by atoms with Gasteiger partial charge in [-0.3, -0.25) is 0 Å². The fourth-order valence-corrected chi connectivity index (χ4v) is 1.09. The van der Waals surface area contributed by atoms with Crippen LogP contribution in [0.3, 0.4) is 0 Å². The molecule has 0 aliphatic carbocycles. The van der Waals surface area contributed by atoms with E-state index in [2.05, 4.69) is 0 Å². The van der Waals surface area contributed by atoms with Gasteiger partial charge in [0, 0.05) is 24.3 Å². The van der Waals surface area contributed by atoms with E-state index in [1.165, 1.54) is 0 Å². The van der Waals surface area contributed by atoms with E-state index in [9.17, 15) is 0 Å². The van der Waals surface area contributed by atoms with E-state index in [1.807, 2.05) is 70.5 Å². The first-order valence-corrected chi connectivity index (χ1v) is 3.90. The summed E-state index contributed by atoms with van der Waals surface area (Å²) in [6.45, 7) is 0. The summed E-state index contributed by atoms with van der Waals surface area (Å²) in [5.41, 5.74) is 0. The highest BCUT2D eigenvalue weighted by molar-refractivity contribution is 5.85. The average molecular weight is 283 g/mol. The Morgan fingerprint density at radius 2 is 0.750 bits per heavy atom. The minimum absolute atomic E-state index is 0. The molecule has 0 radical (unpaired) electrons. The molecule has 3 nitrogen and oxygen atoms in total. The molecule has 0 saturated carbocycles. The maximum atomic E-state index is 2.00. The van der Waals surface area contributed by atoms with Crippen LogP contribution in [-0.2, 0) is 0 Å². The zero-order valence-electron chi connectivity index (χ0n) is 8.54. The SMILES string of the molecule is Cl.N.[Cl-].[Cl-].c1cc[n+](-[n+]2ccccc2)cc1. The van der Waals surface area contributed by atoms with Crippen molar-refractivity contribution in [3.8, 4) is 0 Å². The Hall–Kier alpha value is -0.870. The molecule has 0 aliphatic heterocycles. The number of nitrogens with zero attached hydrogens (tertiary/aromatic N) is 2. The molecule has 2 heterocycles. The lowest BCUT2D eigenvalue weighted by molar-refractivity contribution is -1.30. The molecule has 0 spiro atoms. The van der Waals surface area contributed by atoms with Crippen LogP contribution in [0.1, 0.15) is 0 Å². The molecule has 0 bridgehead atoms. The van der Waals surface area contributed by atoms with Crippen LogP contribution in [0.5, 0.6) is 0 Å². The molecule has 0 fully saturated rings. The van der Waals surface area contributed by atoms with Crippen molar-refractivity contribution in [2.75, 3.05) is 0 Å². The summed E-state index contributed by atoms with van der Waals surface area (Å²) in [6, 6.07) is 12.0. The minimum atomic E-state index is 0. The van der Waals surface area contributed by atoms with Gasteiger partial charge in [-0.1, -0.05) is 0 Å². The van der Waals surface area contributed by atoms with E-state index in [-0.39, 0.29) is 43.4 Å². The van der Waals surface area contributed by atoms with Gasteiger partial charge >= 0.3 is 0 Å². The Kier molecular flexibility index (Phi) is 13.7. The quantitative estimate of drug-likeness (QED) is 0.524. The van der Waals surface area contributed by atoms with Crippen LogP contribution in [0.4, 0.5) is 0 Å². The maximum Gasteiger partial charge on any atom is 0.242 e. The van der Waals surface area contributed by atoms with Crippen LogP contribution in [0, 0.1) is 0 Å². The molecule has 3 N–H and O–H groups in total. The highest BCUT2D eigenvalue weighted by Crippen LogP contribution is 1.76. The van der Waals surface area contributed by atoms with Gasteiger partial charge in [0.15, 0.2) is 0 Å². The smallest absolute Gasteiger partial charge is 0.242 e. The van der Waals surface area contributed by atoms with Crippen LogP contribution in [0.15, 0.2) is 61.2 Å². The van der Waals surface area contributed by atoms with Crippen molar-refractivity contribution >= 4 is 12.4 Å². The normalized spacial score (nSPS) is 7.25. The van der Waals surface area contributed by atoms with E-state index in [0.29, 0.717) is 0 Å². The van der Waals surface area contributed by atoms with Crippen LogP contribution < -0.4 is 40.3 Å². The minimum Gasteiger partial charge on any atom is -1.00 e. The third-order valence-corrected chi connectivity index (χ3v) is 1.67. The Labute approximate surface area is 114 Å². The second-order valence-electron chi connectivity index (χ2n) is 2.51. The summed E-state index contributed by atoms with van der Waals surface area (Å²) in [5.74, 6) is 0. The molecule has 2 aromatic heterocycles. The second-order valence-corrected chi connectivity index (χ2v) is 2.51. The lowest BCUT2D eigenvalue weighted by atomic mass is 10.5. The van der Waals surface area contributed by atoms with Gasteiger partial charge in [-0.05, 0) is 12.1 Å². The first-order valence-electron chi connectivity index (χ1n) is 3.90. The van der Waals surface area contributed by atoms with Gasteiger partial charge in [0.2, 0.25) is 24.8 Å². The molecule has 0 amide bonds. The Balaban J connectivity index is -0.000000422. The molecule has 0 atom stereocenters. The lowest BCUT2D eigenvalue weighted by Gasteiger charge is -1.84. The molecule has 0 unspecified atom stereocenters. The third-order valence-electron chi connectivity index (χ3n) is 1.67. The van der Waals surface area contributed by atoms with Crippen molar-refractivity contribution in [3.63, 3.8) is 0 Å². The van der Waals surface area contributed by atoms with Crippen molar-refractivity contribution < 1.29 is 34.2 Å². The van der Waals surface area contributed by atoms with Gasteiger partial charge in [0.25, 0.3) is 0 Å². The topological polar surface area (TPSA) is 42.8 Å². The standard InChI is InChI=1S/C10H10N2.3ClH.H3N/c1-3-7-11(8-4-1)12-9-5-2-6-10-12;;;;/h1-10H;3*1H;1H3/q+2;;;;/p-2. The monoisotopic (exact) mass is 281 g/mol. The molecule has 2 aromatic rings. The Bertz CT molecular complexity index is 319. The largest absolute Gasteiger partial charge is 1.00 e. The van der Waals surface area contributed by atoms with Gasteiger partial charge in [-0.2, -0.15) is 0 Å². The number of rotatable bonds is 1. The third kappa shape index (κ3) is 5.28. The Morgan fingerprint density at radius 1 is 0.500 bits per heavy atom. The molecule has 16 heavy (non-hydrogen) atoms. The van der Waals surface area contributed by atoms with Crippen molar-refractivity contribution in [2.24, 2.45) is 0 Å². The summed E-state index contributed by atoms with van der Waals surface area (Å²) in [4.78, 5) is 0. The number of halogens is 3. The molecule has 0 aromatic carbocycles. The molecular formula is C10H14Cl3N3. The van der Waals surface area contributed by atoms with E-state index in [1.54, 1.807) is 0 Å². The van der Waals surface area contributed by atoms with Crippen molar-refractivity contribution in [2.45, 2.75) is 0 Å². The number of pyridine rings is 2. The predicted octanol–water partition coefficient (Wildman–Crippen LogP) is -4.84. The van der Waals surface area contributed by atoms with E-state index >= 15 is 0 Å². The highest BCUT2D eigenvalue weighted by atomic mass is 35.5. The van der Waals surface area contributed by atoms with Crippen LogP contribution in [-0.4, -0.2) is 0 Å². The lowest BCUT2D eigenvalue weighted by Crippen LogP contribution is -3.00. The number of aromatic nitrogens is 2. The van der Waals surface area contributed by atoms with E-state index in [4.69, 9.17) is 0 Å². The summed E-state index contributed by atoms with van der Waals surface area (Å²) >= 11 is 0. The van der Waals surface area contributed by atoms with Gasteiger partial charge in [0.1, 0.15) is 0 Å². The highest BCUT2D eigenvalue weighted by Gasteiger charge is 2.06. The van der Waals surface area contributed by atoms with E-state index in [0.717, 1.165) is 0 Å². The van der Waals surface area contributed by atoms with Crippen LogP contribution in [0.2, 0.25) is 0 Å². The maximum absolute atomic E-state index is 2.00. The summed E-state index contributed by atoms with van der Waals surface area (Å²) in [5, 5.41) is 0. The van der Waals surface area contributed by atoms with Crippen molar-refractivity contribution in [1.82, 2.24) is 6.15 Å². The zero-order chi connectivity index (χ0) is 8.23. The van der Waals surface area contributed by atoms with Crippen molar-refractivity contribution in [1.29, 1.82) is 0 Å². The van der Waals surface area contributed by atoms with Gasteiger partial charge in [-0.15, -0.1) is 12.4 Å². The molecule has 0 aliphatic rings. The summed E-state index contributed by atoms with van der Waals surface area (Å²) in [7, 11) is 0. The molecule has 6 heteroatoms. The molecule has 0 saturated heterocycles. The Morgan fingerprint density at radius 3 is 1.00 bits per heavy atom. The first-order chi connectivity index (χ1) is 5.97.